The fourth-order valence-corrected chi connectivity index (χ4v) is 4.59. The topological polar surface area (TPSA) is 49.4 Å². The summed E-state index contributed by atoms with van der Waals surface area (Å²) in [6.07, 6.45) is 3.30. The van der Waals surface area contributed by atoms with Crippen LogP contribution in [0.25, 0.3) is 0 Å². The molecule has 1 heterocycles. The molecule has 22 heavy (non-hydrogen) atoms. The van der Waals surface area contributed by atoms with Gasteiger partial charge >= 0.3 is 0 Å². The van der Waals surface area contributed by atoms with E-state index in [2.05, 4.69) is 16.5 Å². The van der Waals surface area contributed by atoms with Crippen LogP contribution in [0.2, 0.25) is 10.0 Å². The van der Waals surface area contributed by atoms with Crippen molar-refractivity contribution in [2.75, 3.05) is 26.2 Å². The molecule has 0 saturated carbocycles. The third-order valence-corrected chi connectivity index (χ3v) is 6.04. The zero-order chi connectivity index (χ0) is 16.2. The van der Waals surface area contributed by atoms with E-state index in [0.29, 0.717) is 11.6 Å². The standard InChI is InChI=1S/C15H22Cl2N2O2S/c1-12-4-2-8-19(11-12)9-3-7-18-22(20,21)15-10-13(16)5-6-14(15)17/h5-6,10,12,18H,2-4,7-9,11H2,1H3. The van der Waals surface area contributed by atoms with Crippen molar-refractivity contribution in [1.82, 2.24) is 9.62 Å². The molecule has 0 amide bonds. The van der Waals surface area contributed by atoms with Crippen LogP contribution in [-0.4, -0.2) is 39.5 Å². The van der Waals surface area contributed by atoms with Gasteiger partial charge in [0.05, 0.1) is 5.02 Å². The molecule has 7 heteroatoms. The molecule has 0 spiro atoms. The molecule has 1 atom stereocenters. The minimum absolute atomic E-state index is 0.0354. The fourth-order valence-electron chi connectivity index (χ4n) is 2.76. The van der Waals surface area contributed by atoms with E-state index in [4.69, 9.17) is 23.2 Å². The van der Waals surface area contributed by atoms with E-state index in [1.54, 1.807) is 6.07 Å². The third kappa shape index (κ3) is 5.10. The molecule has 1 fully saturated rings. The van der Waals surface area contributed by atoms with E-state index in [9.17, 15) is 8.42 Å². The molecular weight excluding hydrogens is 343 g/mol. The summed E-state index contributed by atoms with van der Waals surface area (Å²) in [4.78, 5) is 2.43. The number of likely N-dealkylation sites (tertiary alicyclic amines) is 1. The summed E-state index contributed by atoms with van der Waals surface area (Å²) in [5.41, 5.74) is 0. The van der Waals surface area contributed by atoms with E-state index in [1.165, 1.54) is 25.0 Å². The van der Waals surface area contributed by atoms with Gasteiger partial charge in [-0.1, -0.05) is 30.1 Å². The quantitative estimate of drug-likeness (QED) is 0.787. The Morgan fingerprint density at radius 2 is 2.14 bits per heavy atom. The van der Waals surface area contributed by atoms with Crippen molar-refractivity contribution in [3.8, 4) is 0 Å². The minimum Gasteiger partial charge on any atom is -0.303 e. The van der Waals surface area contributed by atoms with Crippen molar-refractivity contribution in [3.63, 3.8) is 0 Å². The van der Waals surface area contributed by atoms with Gasteiger partial charge in [0.2, 0.25) is 10.0 Å². The number of nitrogens with one attached hydrogen (secondary N) is 1. The zero-order valence-corrected chi connectivity index (χ0v) is 15.0. The van der Waals surface area contributed by atoms with Crippen molar-refractivity contribution >= 4 is 33.2 Å². The van der Waals surface area contributed by atoms with Gasteiger partial charge in [0.25, 0.3) is 0 Å². The number of rotatable bonds is 6. The Morgan fingerprint density at radius 1 is 1.36 bits per heavy atom. The van der Waals surface area contributed by atoms with Crippen LogP contribution in [0.4, 0.5) is 0 Å². The predicted octanol–water partition coefficient (Wildman–Crippen LogP) is 3.39. The molecule has 1 aromatic carbocycles. The second kappa shape index (κ2) is 7.97. The number of piperidine rings is 1. The summed E-state index contributed by atoms with van der Waals surface area (Å²) >= 11 is 11.8. The van der Waals surface area contributed by atoms with Gasteiger partial charge in [-0.05, 0) is 56.5 Å². The average molecular weight is 365 g/mol. The summed E-state index contributed by atoms with van der Waals surface area (Å²) in [6.45, 7) is 5.78. The Kier molecular flexibility index (Phi) is 6.53. The number of nitrogens with zero attached hydrogens (tertiary/aromatic N) is 1. The molecule has 1 aliphatic heterocycles. The second-order valence-corrected chi connectivity index (χ2v) is 8.45. The Bertz CT molecular complexity index is 608. The maximum atomic E-state index is 12.2. The van der Waals surface area contributed by atoms with Crippen LogP contribution in [0.15, 0.2) is 23.1 Å². The predicted molar refractivity (Wildman–Crippen MR) is 91.1 cm³/mol. The molecule has 124 valence electrons. The van der Waals surface area contributed by atoms with Crippen LogP contribution >= 0.6 is 23.2 Å². The maximum Gasteiger partial charge on any atom is 0.242 e. The third-order valence-electron chi connectivity index (χ3n) is 3.87. The van der Waals surface area contributed by atoms with Crippen LogP contribution in [0, 0.1) is 5.92 Å². The van der Waals surface area contributed by atoms with Crippen LogP contribution in [0.3, 0.4) is 0 Å². The molecule has 0 aliphatic carbocycles. The van der Waals surface area contributed by atoms with Crippen molar-refractivity contribution in [2.45, 2.75) is 31.1 Å². The first-order chi connectivity index (χ1) is 10.4. The normalized spacial score (nSPS) is 20.2. The largest absolute Gasteiger partial charge is 0.303 e. The molecule has 0 radical (unpaired) electrons. The molecule has 1 saturated heterocycles. The first-order valence-electron chi connectivity index (χ1n) is 7.55. The average Bonchev–Trinajstić information content (AvgIpc) is 2.46. The van der Waals surface area contributed by atoms with E-state index in [0.717, 1.165) is 32.0 Å². The molecule has 1 aromatic rings. The lowest BCUT2D eigenvalue weighted by Gasteiger charge is -2.30. The van der Waals surface area contributed by atoms with Gasteiger partial charge in [-0.3, -0.25) is 0 Å². The van der Waals surface area contributed by atoms with Gasteiger partial charge in [0.1, 0.15) is 4.90 Å². The molecule has 1 N–H and O–H groups in total. The van der Waals surface area contributed by atoms with Crippen LogP contribution < -0.4 is 4.72 Å². The summed E-state index contributed by atoms with van der Waals surface area (Å²) in [7, 11) is -3.61. The van der Waals surface area contributed by atoms with Gasteiger partial charge in [-0.15, -0.1) is 0 Å². The first kappa shape index (κ1) is 18.0. The number of benzene rings is 1. The van der Waals surface area contributed by atoms with Crippen molar-refractivity contribution in [2.24, 2.45) is 5.92 Å². The number of sulfonamides is 1. The highest BCUT2D eigenvalue weighted by molar-refractivity contribution is 7.89. The number of hydrogen-bond donors (Lipinski definition) is 1. The molecule has 2 rings (SSSR count). The molecule has 4 nitrogen and oxygen atoms in total. The SMILES string of the molecule is CC1CCCN(CCCNS(=O)(=O)c2cc(Cl)ccc2Cl)C1. The Hall–Kier alpha value is -0.330. The van der Waals surface area contributed by atoms with Gasteiger partial charge in [-0.2, -0.15) is 0 Å². The van der Waals surface area contributed by atoms with Gasteiger partial charge < -0.3 is 4.90 Å². The van der Waals surface area contributed by atoms with E-state index >= 15 is 0 Å². The van der Waals surface area contributed by atoms with Gasteiger partial charge in [0, 0.05) is 18.1 Å². The molecular formula is C15H22Cl2N2O2S. The Balaban J connectivity index is 1.84. The number of halogens is 2. The fraction of sp³-hybridized carbons (Fsp3) is 0.600. The summed E-state index contributed by atoms with van der Waals surface area (Å²) in [6, 6.07) is 4.44. The monoisotopic (exact) mass is 364 g/mol. The van der Waals surface area contributed by atoms with E-state index in [1.807, 2.05) is 0 Å². The highest BCUT2D eigenvalue weighted by Crippen LogP contribution is 2.24. The summed E-state index contributed by atoms with van der Waals surface area (Å²) in [5.74, 6) is 0.732. The maximum absolute atomic E-state index is 12.2. The lowest BCUT2D eigenvalue weighted by molar-refractivity contribution is 0.182. The van der Waals surface area contributed by atoms with Crippen molar-refractivity contribution in [3.05, 3.63) is 28.2 Å². The summed E-state index contributed by atoms with van der Waals surface area (Å²) in [5, 5.41) is 0.536. The zero-order valence-electron chi connectivity index (χ0n) is 12.7. The Morgan fingerprint density at radius 3 is 2.86 bits per heavy atom. The first-order valence-corrected chi connectivity index (χ1v) is 9.79. The number of hydrogen-bond acceptors (Lipinski definition) is 3. The lowest BCUT2D eigenvalue weighted by atomic mass is 10.0. The van der Waals surface area contributed by atoms with Gasteiger partial charge in [-0.25, -0.2) is 13.1 Å². The van der Waals surface area contributed by atoms with E-state index in [-0.39, 0.29) is 9.92 Å². The van der Waals surface area contributed by atoms with Crippen molar-refractivity contribution in [1.29, 1.82) is 0 Å². The minimum atomic E-state index is -3.61. The molecule has 1 unspecified atom stereocenters. The highest BCUT2D eigenvalue weighted by Gasteiger charge is 2.19. The Labute approximate surface area is 142 Å². The summed E-state index contributed by atoms with van der Waals surface area (Å²) < 4.78 is 27.1. The van der Waals surface area contributed by atoms with E-state index < -0.39 is 10.0 Å². The molecule has 1 aliphatic rings. The van der Waals surface area contributed by atoms with Crippen LogP contribution in [0.1, 0.15) is 26.2 Å². The molecule has 0 bridgehead atoms. The van der Waals surface area contributed by atoms with Crippen molar-refractivity contribution < 1.29 is 8.42 Å². The van der Waals surface area contributed by atoms with Crippen LogP contribution in [0.5, 0.6) is 0 Å². The smallest absolute Gasteiger partial charge is 0.242 e. The molecule has 0 aromatic heterocycles. The highest BCUT2D eigenvalue weighted by atomic mass is 35.5. The van der Waals surface area contributed by atoms with Gasteiger partial charge in [0.15, 0.2) is 0 Å². The van der Waals surface area contributed by atoms with Crippen LogP contribution in [-0.2, 0) is 10.0 Å². The second-order valence-electron chi connectivity index (χ2n) is 5.87. The lowest BCUT2D eigenvalue weighted by Crippen LogP contribution is -2.36.